The summed E-state index contributed by atoms with van der Waals surface area (Å²) < 4.78 is 19.0. The van der Waals surface area contributed by atoms with Crippen molar-refractivity contribution in [1.29, 1.82) is 0 Å². The predicted molar refractivity (Wildman–Crippen MR) is 141 cm³/mol. The average Bonchev–Trinajstić information content (AvgIpc) is 2.84. The van der Waals surface area contributed by atoms with Crippen LogP contribution in [0.15, 0.2) is 63.0 Å². The van der Waals surface area contributed by atoms with E-state index in [1.807, 2.05) is 24.3 Å². The first-order valence-electron chi connectivity index (χ1n) is 9.96. The molecule has 0 amide bonds. The van der Waals surface area contributed by atoms with Gasteiger partial charge in [-0.1, -0.05) is 63.0 Å². The zero-order chi connectivity index (χ0) is 24.4. The minimum atomic E-state index is -0.341. The summed E-state index contributed by atoms with van der Waals surface area (Å²) in [5.41, 5.74) is 1.51. The average molecular weight is 582 g/mol. The normalized spacial score (nSPS) is 11.0. The van der Waals surface area contributed by atoms with E-state index in [0.717, 1.165) is 10.0 Å². The van der Waals surface area contributed by atoms with E-state index >= 15 is 0 Å². The van der Waals surface area contributed by atoms with Crippen LogP contribution in [0.3, 0.4) is 0 Å². The number of methoxy groups -OCH3 is 3. The second-order valence-corrected chi connectivity index (χ2v) is 9.79. The Morgan fingerprint density at radius 1 is 0.971 bits per heavy atom. The van der Waals surface area contributed by atoms with E-state index in [0.29, 0.717) is 54.8 Å². The Labute approximate surface area is 218 Å². The molecule has 0 unspecified atom stereocenters. The Hall–Kier alpha value is -2.39. The number of hydrogen-bond acceptors (Lipinski definition) is 6. The number of rotatable bonds is 7. The van der Waals surface area contributed by atoms with Crippen molar-refractivity contribution in [3.05, 3.63) is 79.0 Å². The lowest BCUT2D eigenvalue weighted by Crippen LogP contribution is -2.22. The molecule has 0 radical (unpaired) electrons. The largest absolute Gasteiger partial charge is 0.493 e. The third-order valence-electron chi connectivity index (χ3n) is 5.07. The molecule has 4 aromatic rings. The van der Waals surface area contributed by atoms with Gasteiger partial charge < -0.3 is 14.2 Å². The van der Waals surface area contributed by atoms with Gasteiger partial charge in [-0.3, -0.25) is 9.36 Å². The van der Waals surface area contributed by atoms with Gasteiger partial charge in [0.1, 0.15) is 5.52 Å². The van der Waals surface area contributed by atoms with Crippen LogP contribution in [0, 0.1) is 0 Å². The standard InChI is InChI=1S/C24H19BrCl2N2O4S/c1-31-19-11-16-20(22(33-3)21(19)32-2)28-24(34-12-13-4-6-14(25)7-5-13)29(23(16)30)18-10-15(26)8-9-17(18)27/h4-11H,12H2,1-3H3. The number of fused-ring (bicyclic) bond motifs is 1. The van der Waals surface area contributed by atoms with E-state index in [-0.39, 0.29) is 5.56 Å². The topological polar surface area (TPSA) is 62.6 Å². The van der Waals surface area contributed by atoms with E-state index in [4.69, 9.17) is 42.4 Å². The first-order chi connectivity index (χ1) is 16.4. The molecular weight excluding hydrogens is 563 g/mol. The van der Waals surface area contributed by atoms with Crippen LogP contribution in [-0.2, 0) is 5.75 Å². The Kier molecular flexibility index (Phi) is 7.62. The first-order valence-corrected chi connectivity index (χ1v) is 12.5. The predicted octanol–water partition coefficient (Wildman–Crippen LogP) is 6.77. The maximum Gasteiger partial charge on any atom is 0.266 e. The summed E-state index contributed by atoms with van der Waals surface area (Å²) in [5, 5.41) is 1.53. The number of benzene rings is 3. The minimum Gasteiger partial charge on any atom is -0.493 e. The number of ether oxygens (including phenoxy) is 3. The van der Waals surface area contributed by atoms with Gasteiger partial charge in [0.2, 0.25) is 5.75 Å². The van der Waals surface area contributed by atoms with Crippen LogP contribution in [0.1, 0.15) is 5.56 Å². The van der Waals surface area contributed by atoms with Crippen molar-refractivity contribution in [1.82, 2.24) is 9.55 Å². The number of thioether (sulfide) groups is 1. The second kappa shape index (κ2) is 10.5. The fourth-order valence-electron chi connectivity index (χ4n) is 3.46. The third-order valence-corrected chi connectivity index (χ3v) is 7.16. The summed E-state index contributed by atoms with van der Waals surface area (Å²) >= 11 is 17.6. The number of halogens is 3. The molecular formula is C24H19BrCl2N2O4S. The Morgan fingerprint density at radius 2 is 1.68 bits per heavy atom. The highest BCUT2D eigenvalue weighted by Crippen LogP contribution is 2.42. The molecule has 1 heterocycles. The molecule has 0 N–H and O–H groups in total. The van der Waals surface area contributed by atoms with Crippen molar-refractivity contribution >= 4 is 61.8 Å². The maximum absolute atomic E-state index is 13.9. The van der Waals surface area contributed by atoms with Gasteiger partial charge in [-0.2, -0.15) is 0 Å². The Morgan fingerprint density at radius 3 is 2.32 bits per heavy atom. The Balaban J connectivity index is 2.00. The first kappa shape index (κ1) is 24.7. The molecule has 0 aliphatic carbocycles. The van der Waals surface area contributed by atoms with Gasteiger partial charge in [-0.25, -0.2) is 4.98 Å². The fraction of sp³-hybridized carbons (Fsp3) is 0.167. The molecule has 0 bridgehead atoms. The molecule has 176 valence electrons. The molecule has 0 aliphatic rings. The van der Waals surface area contributed by atoms with E-state index in [9.17, 15) is 4.79 Å². The lowest BCUT2D eigenvalue weighted by atomic mass is 10.2. The summed E-state index contributed by atoms with van der Waals surface area (Å²) in [6.07, 6.45) is 0. The molecule has 3 aromatic carbocycles. The summed E-state index contributed by atoms with van der Waals surface area (Å²) in [6.45, 7) is 0. The van der Waals surface area contributed by atoms with E-state index in [1.54, 1.807) is 24.3 Å². The van der Waals surface area contributed by atoms with Gasteiger partial charge in [0, 0.05) is 15.2 Å². The van der Waals surface area contributed by atoms with Crippen molar-refractivity contribution in [3.63, 3.8) is 0 Å². The SMILES string of the molecule is COc1cc2c(=O)n(-c3cc(Cl)ccc3Cl)c(SCc3ccc(Br)cc3)nc2c(OC)c1OC. The molecule has 10 heteroatoms. The number of hydrogen-bond donors (Lipinski definition) is 0. The zero-order valence-electron chi connectivity index (χ0n) is 18.4. The van der Waals surface area contributed by atoms with E-state index in [1.165, 1.54) is 37.7 Å². The van der Waals surface area contributed by atoms with Gasteiger partial charge in [0.05, 0.1) is 37.4 Å². The Bertz CT molecular complexity index is 1430. The molecule has 34 heavy (non-hydrogen) atoms. The van der Waals surface area contributed by atoms with E-state index in [2.05, 4.69) is 15.9 Å². The van der Waals surface area contributed by atoms with Crippen molar-refractivity contribution in [2.75, 3.05) is 21.3 Å². The zero-order valence-corrected chi connectivity index (χ0v) is 22.3. The van der Waals surface area contributed by atoms with Crippen LogP contribution >= 0.6 is 50.9 Å². The molecule has 0 fully saturated rings. The molecule has 4 rings (SSSR count). The second-order valence-electron chi connectivity index (χ2n) is 7.09. The van der Waals surface area contributed by atoms with Gasteiger partial charge in [0.15, 0.2) is 16.7 Å². The number of aromatic nitrogens is 2. The summed E-state index contributed by atoms with van der Waals surface area (Å²) in [7, 11) is 4.49. The van der Waals surface area contributed by atoms with Gasteiger partial charge in [0.25, 0.3) is 5.56 Å². The van der Waals surface area contributed by atoms with Crippen molar-refractivity contribution in [3.8, 4) is 22.9 Å². The highest BCUT2D eigenvalue weighted by Gasteiger charge is 2.23. The molecule has 1 aromatic heterocycles. The van der Waals surface area contributed by atoms with Gasteiger partial charge in [-0.05, 0) is 42.0 Å². The van der Waals surface area contributed by atoms with Crippen molar-refractivity contribution in [2.24, 2.45) is 0 Å². The van der Waals surface area contributed by atoms with Crippen LogP contribution in [0.5, 0.6) is 17.2 Å². The lowest BCUT2D eigenvalue weighted by Gasteiger charge is -2.18. The third kappa shape index (κ3) is 4.73. The molecule has 0 spiro atoms. The van der Waals surface area contributed by atoms with Crippen LogP contribution in [0.2, 0.25) is 10.0 Å². The van der Waals surface area contributed by atoms with Crippen LogP contribution in [0.25, 0.3) is 16.6 Å². The van der Waals surface area contributed by atoms with Crippen molar-refractivity contribution in [2.45, 2.75) is 10.9 Å². The highest BCUT2D eigenvalue weighted by molar-refractivity contribution is 9.10. The van der Waals surface area contributed by atoms with Crippen LogP contribution in [-0.4, -0.2) is 30.9 Å². The maximum atomic E-state index is 13.9. The molecule has 0 aliphatic heterocycles. The number of nitrogens with zero attached hydrogens (tertiary/aromatic N) is 2. The van der Waals surface area contributed by atoms with Crippen molar-refractivity contribution < 1.29 is 14.2 Å². The fourth-order valence-corrected chi connectivity index (χ4v) is 5.05. The smallest absolute Gasteiger partial charge is 0.266 e. The van der Waals surface area contributed by atoms with Crippen LogP contribution < -0.4 is 19.8 Å². The quantitative estimate of drug-likeness (QED) is 0.177. The summed E-state index contributed by atoms with van der Waals surface area (Å²) in [4.78, 5) is 18.7. The lowest BCUT2D eigenvalue weighted by molar-refractivity contribution is 0.326. The molecule has 0 atom stereocenters. The van der Waals surface area contributed by atoms with Gasteiger partial charge >= 0.3 is 0 Å². The molecule has 6 nitrogen and oxygen atoms in total. The van der Waals surface area contributed by atoms with E-state index < -0.39 is 0 Å². The summed E-state index contributed by atoms with van der Waals surface area (Å²) in [6, 6.07) is 14.5. The molecule has 0 saturated heterocycles. The van der Waals surface area contributed by atoms with Gasteiger partial charge in [-0.15, -0.1) is 0 Å². The van der Waals surface area contributed by atoms with Crippen LogP contribution in [0.4, 0.5) is 0 Å². The monoisotopic (exact) mass is 580 g/mol. The highest BCUT2D eigenvalue weighted by atomic mass is 79.9. The minimum absolute atomic E-state index is 0.290. The summed E-state index contributed by atoms with van der Waals surface area (Å²) in [5.74, 6) is 1.58. The molecule has 0 saturated carbocycles.